The maximum atomic E-state index is 13.3. The molecule has 4 rings (SSSR count). The molecule has 2 aromatic heterocycles. The normalized spacial score (nSPS) is 13.3. The van der Waals surface area contributed by atoms with Gasteiger partial charge in [-0.2, -0.15) is 26.3 Å². The number of alkyl halides is 6. The average Bonchev–Trinajstić information content (AvgIpc) is 3.25. The largest absolute Gasteiger partial charge is 0.416 e. The fourth-order valence-electron chi connectivity index (χ4n) is 4.63. The van der Waals surface area contributed by atoms with E-state index in [1.807, 2.05) is 28.8 Å². The van der Waals surface area contributed by atoms with Crippen LogP contribution < -0.4 is 0 Å². The van der Waals surface area contributed by atoms with E-state index in [4.69, 9.17) is 0 Å². The molecule has 0 aliphatic rings. The van der Waals surface area contributed by atoms with Crippen molar-refractivity contribution in [3.63, 3.8) is 0 Å². The van der Waals surface area contributed by atoms with Gasteiger partial charge in [0.15, 0.2) is 0 Å². The summed E-state index contributed by atoms with van der Waals surface area (Å²) in [6.45, 7) is 4.33. The minimum atomic E-state index is -4.91. The minimum Gasteiger partial charge on any atom is -0.298 e. The van der Waals surface area contributed by atoms with Crippen molar-refractivity contribution in [2.45, 2.75) is 64.2 Å². The number of nitrogens with zero attached hydrogens (tertiary/aromatic N) is 2. The van der Waals surface area contributed by atoms with Crippen LogP contribution in [0.25, 0.3) is 27.8 Å². The third kappa shape index (κ3) is 6.00. The zero-order valence-corrected chi connectivity index (χ0v) is 20.6. The van der Waals surface area contributed by atoms with E-state index >= 15 is 0 Å². The van der Waals surface area contributed by atoms with E-state index in [9.17, 15) is 26.3 Å². The Morgan fingerprint density at radius 1 is 0.784 bits per heavy atom. The number of fused-ring (bicyclic) bond motifs is 1. The van der Waals surface area contributed by atoms with Crippen molar-refractivity contribution in [1.82, 2.24) is 9.55 Å². The van der Waals surface area contributed by atoms with Crippen molar-refractivity contribution < 1.29 is 26.3 Å². The van der Waals surface area contributed by atoms with Crippen molar-refractivity contribution in [3.05, 3.63) is 83.7 Å². The molecule has 0 spiro atoms. The van der Waals surface area contributed by atoms with E-state index in [-0.39, 0.29) is 23.1 Å². The first-order chi connectivity index (χ1) is 17.5. The quantitative estimate of drug-likeness (QED) is 0.168. The zero-order valence-electron chi connectivity index (χ0n) is 20.6. The SMILES string of the molecule is CCCCCC[C@@H](C)c1cc2ccccc2n1-c1ccc(-c2cc(C(F)(F)F)cc(C(F)(F)F)c2)cn1. The highest BCUT2D eigenvalue weighted by molar-refractivity contribution is 5.83. The molecule has 8 heteroatoms. The van der Waals surface area contributed by atoms with Crippen LogP contribution in [0.3, 0.4) is 0 Å². The molecule has 0 bridgehead atoms. The number of aromatic nitrogens is 2. The van der Waals surface area contributed by atoms with E-state index < -0.39 is 23.5 Å². The van der Waals surface area contributed by atoms with Crippen molar-refractivity contribution in [2.75, 3.05) is 0 Å². The lowest BCUT2D eigenvalue weighted by Crippen LogP contribution is -2.11. The Labute approximate surface area is 212 Å². The first-order valence-electron chi connectivity index (χ1n) is 12.4. The van der Waals surface area contributed by atoms with Crippen LogP contribution in [0.1, 0.15) is 68.7 Å². The summed E-state index contributed by atoms with van der Waals surface area (Å²) in [6.07, 6.45) is -2.89. The minimum absolute atomic E-state index is 0.130. The second-order valence-corrected chi connectivity index (χ2v) is 9.41. The number of hydrogen-bond donors (Lipinski definition) is 0. The molecule has 0 saturated carbocycles. The maximum Gasteiger partial charge on any atom is 0.416 e. The molecule has 1 atom stereocenters. The molecule has 2 nitrogen and oxygen atoms in total. The van der Waals surface area contributed by atoms with E-state index in [1.54, 1.807) is 6.07 Å². The van der Waals surface area contributed by atoms with E-state index in [1.165, 1.54) is 18.7 Å². The van der Waals surface area contributed by atoms with Gasteiger partial charge in [-0.3, -0.25) is 4.57 Å². The lowest BCUT2D eigenvalue weighted by molar-refractivity contribution is -0.143. The highest BCUT2D eigenvalue weighted by Crippen LogP contribution is 2.39. The van der Waals surface area contributed by atoms with Crippen LogP contribution in [0, 0.1) is 0 Å². The molecule has 4 aromatic rings. The van der Waals surface area contributed by atoms with Crippen LogP contribution in [0.15, 0.2) is 66.9 Å². The third-order valence-corrected chi connectivity index (χ3v) is 6.63. The van der Waals surface area contributed by atoms with Crippen LogP contribution in [0.2, 0.25) is 0 Å². The Balaban J connectivity index is 1.73. The second kappa shape index (κ2) is 10.6. The molecule has 0 aliphatic carbocycles. The first kappa shape index (κ1) is 26.8. The van der Waals surface area contributed by atoms with E-state index in [2.05, 4.69) is 24.9 Å². The average molecular weight is 519 g/mol. The smallest absolute Gasteiger partial charge is 0.298 e. The Morgan fingerprint density at radius 2 is 1.46 bits per heavy atom. The summed E-state index contributed by atoms with van der Waals surface area (Å²) < 4.78 is 81.9. The van der Waals surface area contributed by atoms with Gasteiger partial charge in [0, 0.05) is 22.8 Å². The van der Waals surface area contributed by atoms with Gasteiger partial charge >= 0.3 is 12.4 Å². The Kier molecular flexibility index (Phi) is 7.67. The zero-order chi connectivity index (χ0) is 26.8. The molecule has 2 aromatic carbocycles. The summed E-state index contributed by atoms with van der Waals surface area (Å²) >= 11 is 0. The molecule has 0 amide bonds. The van der Waals surface area contributed by atoms with Crippen LogP contribution in [0.4, 0.5) is 26.3 Å². The van der Waals surface area contributed by atoms with E-state index in [0.717, 1.165) is 54.4 Å². The molecule has 0 saturated heterocycles. The predicted octanol–water partition coefficient (Wildman–Crippen LogP) is 9.80. The molecule has 37 heavy (non-hydrogen) atoms. The topological polar surface area (TPSA) is 17.8 Å². The van der Waals surface area contributed by atoms with Crippen molar-refractivity contribution in [3.8, 4) is 16.9 Å². The van der Waals surface area contributed by atoms with Crippen molar-refractivity contribution >= 4 is 10.9 Å². The molecule has 2 heterocycles. The van der Waals surface area contributed by atoms with Crippen LogP contribution in [-0.4, -0.2) is 9.55 Å². The molecule has 196 valence electrons. The van der Waals surface area contributed by atoms with Gasteiger partial charge in [0.05, 0.1) is 16.6 Å². The fraction of sp³-hybridized carbons (Fsp3) is 0.345. The highest BCUT2D eigenvalue weighted by atomic mass is 19.4. The molecule has 0 fully saturated rings. The second-order valence-electron chi connectivity index (χ2n) is 9.41. The predicted molar refractivity (Wildman–Crippen MR) is 134 cm³/mol. The van der Waals surface area contributed by atoms with Gasteiger partial charge in [0.2, 0.25) is 0 Å². The molecule has 0 unspecified atom stereocenters. The standard InChI is InChI=1S/C29H28F6N2/c1-3-4-5-6-9-19(2)26-16-20-10-7-8-11-25(20)37(26)27-13-12-21(18-36-27)22-14-23(28(30,31)32)17-24(15-22)29(33,34)35/h7-8,10-19H,3-6,9H2,1-2H3/t19-/m1/s1. The summed E-state index contributed by atoms with van der Waals surface area (Å²) in [6, 6.07) is 14.7. The third-order valence-electron chi connectivity index (χ3n) is 6.63. The van der Waals surface area contributed by atoms with Gasteiger partial charge in [-0.15, -0.1) is 0 Å². The lowest BCUT2D eigenvalue weighted by Gasteiger charge is -2.17. The van der Waals surface area contributed by atoms with Gasteiger partial charge < -0.3 is 0 Å². The van der Waals surface area contributed by atoms with Crippen LogP contribution in [0.5, 0.6) is 0 Å². The monoisotopic (exact) mass is 518 g/mol. The van der Waals surface area contributed by atoms with Crippen molar-refractivity contribution in [2.24, 2.45) is 0 Å². The molecular formula is C29H28F6N2. The Bertz CT molecular complexity index is 1320. The summed E-state index contributed by atoms with van der Waals surface area (Å²) in [5, 5.41) is 1.04. The van der Waals surface area contributed by atoms with Gasteiger partial charge in [0.1, 0.15) is 5.82 Å². The van der Waals surface area contributed by atoms with E-state index in [0.29, 0.717) is 5.82 Å². The number of rotatable bonds is 8. The van der Waals surface area contributed by atoms with Crippen molar-refractivity contribution in [1.29, 1.82) is 0 Å². The number of halogens is 6. The Hall–Kier alpha value is -3.29. The van der Waals surface area contributed by atoms with Crippen LogP contribution in [-0.2, 0) is 12.4 Å². The fourth-order valence-corrected chi connectivity index (χ4v) is 4.63. The van der Waals surface area contributed by atoms with Gasteiger partial charge in [-0.1, -0.05) is 57.7 Å². The lowest BCUT2D eigenvalue weighted by atomic mass is 9.99. The molecule has 0 radical (unpaired) electrons. The van der Waals surface area contributed by atoms with Gasteiger partial charge in [0.25, 0.3) is 0 Å². The molecule has 0 aliphatic heterocycles. The number of unbranched alkanes of at least 4 members (excludes halogenated alkanes) is 3. The van der Waals surface area contributed by atoms with Gasteiger partial charge in [-0.25, -0.2) is 4.98 Å². The summed E-state index contributed by atoms with van der Waals surface area (Å²) in [7, 11) is 0. The first-order valence-corrected chi connectivity index (χ1v) is 12.4. The summed E-state index contributed by atoms with van der Waals surface area (Å²) in [5.74, 6) is 0.798. The van der Waals surface area contributed by atoms with Gasteiger partial charge in [-0.05, 0) is 60.4 Å². The molecular weight excluding hydrogens is 490 g/mol. The number of pyridine rings is 1. The highest BCUT2D eigenvalue weighted by Gasteiger charge is 2.37. The number of hydrogen-bond acceptors (Lipinski definition) is 1. The molecule has 0 N–H and O–H groups in total. The van der Waals surface area contributed by atoms with Crippen LogP contribution >= 0.6 is 0 Å². The number of benzene rings is 2. The number of para-hydroxylation sites is 1. The maximum absolute atomic E-state index is 13.3. The summed E-state index contributed by atoms with van der Waals surface area (Å²) in [5.41, 5.74) is -0.712. The Morgan fingerprint density at radius 3 is 2.05 bits per heavy atom. The summed E-state index contributed by atoms with van der Waals surface area (Å²) in [4.78, 5) is 4.48.